The summed E-state index contributed by atoms with van der Waals surface area (Å²) >= 11 is 10.9. The van der Waals surface area contributed by atoms with Gasteiger partial charge in [-0.3, -0.25) is 0 Å². The fraction of sp³-hybridized carbons (Fsp3) is 0.333. The van der Waals surface area contributed by atoms with Crippen LogP contribution in [0.2, 0.25) is 0 Å². The Morgan fingerprint density at radius 2 is 2.00 bits per heavy atom. The van der Waals surface area contributed by atoms with Gasteiger partial charge in [-0.1, -0.05) is 78.9 Å². The lowest BCUT2D eigenvalue weighted by atomic mass is 10.2. The van der Waals surface area contributed by atoms with Crippen LogP contribution < -0.4 is 0 Å². The van der Waals surface area contributed by atoms with E-state index in [1.165, 1.54) is 40.4 Å². The maximum atomic E-state index is 5.58. The van der Waals surface area contributed by atoms with Crippen molar-refractivity contribution < 1.29 is 4.74 Å². The van der Waals surface area contributed by atoms with Gasteiger partial charge in [-0.05, 0) is 24.5 Å². The fourth-order valence-electron chi connectivity index (χ4n) is 2.61. The summed E-state index contributed by atoms with van der Waals surface area (Å²) in [4.78, 5) is 2.22. The molecule has 23 heavy (non-hydrogen) atoms. The first-order valence-corrected chi connectivity index (χ1v) is 10.5. The highest BCUT2D eigenvalue weighted by Crippen LogP contribution is 2.54. The van der Waals surface area contributed by atoms with Crippen LogP contribution in [-0.2, 0) is 4.74 Å². The Bertz CT molecular complexity index is 615. The number of thioether (sulfide) groups is 3. The molecule has 1 heterocycles. The molecule has 1 aliphatic carbocycles. The number of methoxy groups -OCH3 is 1. The molecule has 0 saturated heterocycles. The average molecular weight is 379 g/mol. The van der Waals surface area contributed by atoms with E-state index in [0.29, 0.717) is 5.25 Å². The fourth-order valence-corrected chi connectivity index (χ4v) is 6.92. The van der Waals surface area contributed by atoms with Crippen LogP contribution in [0.25, 0.3) is 4.91 Å². The Morgan fingerprint density at radius 3 is 2.70 bits per heavy atom. The molecule has 0 N–H and O–H groups in total. The number of ether oxygens (including phenoxy) is 1. The van der Waals surface area contributed by atoms with Crippen LogP contribution in [0.15, 0.2) is 45.6 Å². The van der Waals surface area contributed by atoms with E-state index in [1.54, 1.807) is 30.6 Å². The van der Waals surface area contributed by atoms with Crippen molar-refractivity contribution in [2.75, 3.05) is 7.11 Å². The van der Waals surface area contributed by atoms with Gasteiger partial charge in [-0.2, -0.15) is 0 Å². The van der Waals surface area contributed by atoms with Crippen molar-refractivity contribution in [2.24, 2.45) is 0 Å². The van der Waals surface area contributed by atoms with Gasteiger partial charge in [0.05, 0.1) is 8.43 Å². The van der Waals surface area contributed by atoms with E-state index in [0.717, 1.165) is 9.10 Å². The Balaban J connectivity index is 1.70. The van der Waals surface area contributed by atoms with Crippen LogP contribution in [0.3, 0.4) is 0 Å². The monoisotopic (exact) mass is 378 g/mol. The molecular weight excluding hydrogens is 360 g/mol. The zero-order valence-electron chi connectivity index (χ0n) is 12.9. The number of thiocarbonyl (C=S) groups is 1. The largest absolute Gasteiger partial charge is 0.366 e. The first kappa shape index (κ1) is 17.6. The molecule has 120 valence electrons. The van der Waals surface area contributed by atoms with Crippen molar-refractivity contribution in [2.45, 2.75) is 30.9 Å². The topological polar surface area (TPSA) is 9.23 Å². The third-order valence-electron chi connectivity index (χ3n) is 3.66. The van der Waals surface area contributed by atoms with E-state index in [2.05, 4.69) is 36.9 Å². The standard InChI is InChI=1S/C18H18OS4/c1-19-12-15-18(13-7-3-2-4-8-13)23-17(22-15)11-16(20)21-14-9-5-6-10-14/h2-4,7-8,11,14H,5-6,9-10H2,1H3/b17-11+. The van der Waals surface area contributed by atoms with E-state index in [-0.39, 0.29) is 0 Å². The third-order valence-corrected chi connectivity index (χ3v) is 7.63. The van der Waals surface area contributed by atoms with Crippen LogP contribution in [0.5, 0.6) is 0 Å². The highest BCUT2D eigenvalue weighted by Gasteiger charge is 2.24. The molecule has 1 nitrogen and oxygen atoms in total. The minimum Gasteiger partial charge on any atom is -0.366 e. The van der Waals surface area contributed by atoms with E-state index >= 15 is 0 Å². The molecule has 0 unspecified atom stereocenters. The first-order chi connectivity index (χ1) is 11.3. The number of rotatable bonds is 5. The molecule has 2 radical (unpaired) electrons. The predicted octanol–water partition coefficient (Wildman–Crippen LogP) is 6.36. The van der Waals surface area contributed by atoms with Crippen LogP contribution in [0.4, 0.5) is 0 Å². The summed E-state index contributed by atoms with van der Waals surface area (Å²) in [7, 11) is 1.64. The van der Waals surface area contributed by atoms with Crippen LogP contribution in [0, 0.1) is 6.61 Å². The van der Waals surface area contributed by atoms with E-state index in [4.69, 9.17) is 17.0 Å². The van der Waals surface area contributed by atoms with Crippen molar-refractivity contribution in [3.05, 3.63) is 57.7 Å². The molecule has 3 rings (SSSR count). The van der Waals surface area contributed by atoms with Gasteiger partial charge in [0.1, 0.15) is 0 Å². The smallest absolute Gasteiger partial charge is 0.174 e. The number of hydrogen-bond acceptors (Lipinski definition) is 5. The summed E-state index contributed by atoms with van der Waals surface area (Å²) in [5, 5.41) is 0.717. The molecule has 1 aromatic rings. The van der Waals surface area contributed by atoms with E-state index in [9.17, 15) is 0 Å². The van der Waals surface area contributed by atoms with Gasteiger partial charge in [0, 0.05) is 22.2 Å². The van der Waals surface area contributed by atoms with Crippen molar-refractivity contribution >= 4 is 56.6 Å². The summed E-state index contributed by atoms with van der Waals surface area (Å²) in [5.41, 5.74) is 1.20. The van der Waals surface area contributed by atoms with Gasteiger partial charge in [0.2, 0.25) is 0 Å². The summed E-state index contributed by atoms with van der Waals surface area (Å²) in [6.45, 7) is 3.00. The van der Waals surface area contributed by atoms with Gasteiger partial charge in [0.25, 0.3) is 0 Å². The Labute approximate surface area is 156 Å². The van der Waals surface area contributed by atoms with Crippen molar-refractivity contribution in [1.82, 2.24) is 0 Å². The Hall–Kier alpha value is -0.200. The second-order valence-electron chi connectivity index (χ2n) is 5.34. The second kappa shape index (κ2) is 8.77. The van der Waals surface area contributed by atoms with Crippen molar-refractivity contribution in [3.8, 4) is 0 Å². The quantitative estimate of drug-likeness (QED) is 0.434. The van der Waals surface area contributed by atoms with E-state index in [1.807, 2.05) is 17.8 Å². The summed E-state index contributed by atoms with van der Waals surface area (Å²) < 4.78 is 7.34. The zero-order chi connectivity index (χ0) is 16.1. The van der Waals surface area contributed by atoms with Crippen LogP contribution >= 0.6 is 47.5 Å². The molecular formula is C18H18OS4. The molecule has 1 aliphatic heterocycles. The summed E-state index contributed by atoms with van der Waals surface area (Å²) in [5.74, 6) is 0. The number of hydrogen-bond donors (Lipinski definition) is 0. The molecule has 0 bridgehead atoms. The SMILES string of the molecule is CO[C]C1=C(c2ccccc2)S/C(=C/C(=S)SC2CCCC2)S1. The van der Waals surface area contributed by atoms with Crippen LogP contribution in [0.1, 0.15) is 31.2 Å². The molecule has 2 aliphatic rings. The molecule has 1 fully saturated rings. The highest BCUT2D eigenvalue weighted by atomic mass is 32.2. The van der Waals surface area contributed by atoms with Gasteiger partial charge in [-0.15, -0.1) is 11.8 Å². The normalized spacial score (nSPS) is 20.7. The molecule has 0 atom stereocenters. The van der Waals surface area contributed by atoms with Gasteiger partial charge < -0.3 is 4.74 Å². The average Bonchev–Trinajstić information content (AvgIpc) is 3.18. The molecule has 1 aromatic carbocycles. The number of benzene rings is 1. The lowest BCUT2D eigenvalue weighted by Crippen LogP contribution is -1.97. The van der Waals surface area contributed by atoms with Gasteiger partial charge in [0.15, 0.2) is 6.61 Å². The van der Waals surface area contributed by atoms with Gasteiger partial charge >= 0.3 is 0 Å². The van der Waals surface area contributed by atoms with Crippen LogP contribution in [-0.4, -0.2) is 16.6 Å². The minimum atomic E-state index is 0.717. The minimum absolute atomic E-state index is 0.717. The lowest BCUT2D eigenvalue weighted by molar-refractivity contribution is 0.295. The maximum absolute atomic E-state index is 5.58. The summed E-state index contributed by atoms with van der Waals surface area (Å²) in [6.07, 6.45) is 7.45. The maximum Gasteiger partial charge on any atom is 0.174 e. The molecule has 0 amide bonds. The zero-order valence-corrected chi connectivity index (χ0v) is 16.2. The first-order valence-electron chi connectivity index (χ1n) is 7.63. The highest BCUT2D eigenvalue weighted by molar-refractivity contribution is 8.32. The second-order valence-corrected chi connectivity index (χ2v) is 9.74. The molecule has 1 saturated carbocycles. The summed E-state index contributed by atoms with van der Waals surface area (Å²) in [6, 6.07) is 10.4. The van der Waals surface area contributed by atoms with E-state index < -0.39 is 0 Å². The van der Waals surface area contributed by atoms with Gasteiger partial charge in [-0.25, -0.2) is 0 Å². The molecule has 0 aromatic heterocycles. The Kier molecular flexibility index (Phi) is 6.72. The lowest BCUT2D eigenvalue weighted by Gasteiger charge is -2.07. The molecule has 0 spiro atoms. The predicted molar refractivity (Wildman–Crippen MR) is 109 cm³/mol. The third kappa shape index (κ3) is 4.89. The van der Waals surface area contributed by atoms with Crippen molar-refractivity contribution in [3.63, 3.8) is 0 Å². The molecule has 5 heteroatoms. The van der Waals surface area contributed by atoms with Crippen molar-refractivity contribution in [1.29, 1.82) is 0 Å². The Morgan fingerprint density at radius 1 is 1.26 bits per heavy atom.